The summed E-state index contributed by atoms with van der Waals surface area (Å²) in [5.74, 6) is -0.434. The zero-order valence-electron chi connectivity index (χ0n) is 15.3. The number of hydrogen-bond donors (Lipinski definition) is 1. The van der Waals surface area contributed by atoms with Crippen LogP contribution in [-0.4, -0.2) is 17.6 Å². The average molecular weight is 383 g/mol. The van der Waals surface area contributed by atoms with E-state index in [1.807, 2.05) is 20.8 Å². The van der Waals surface area contributed by atoms with Crippen LogP contribution in [0.15, 0.2) is 44.9 Å². The fourth-order valence-electron chi connectivity index (χ4n) is 2.58. The van der Waals surface area contributed by atoms with Gasteiger partial charge in [-0.05, 0) is 23.1 Å². The minimum Gasteiger partial charge on any atom is -0.302 e. The lowest BCUT2D eigenvalue weighted by Gasteiger charge is -2.31. The smallest absolute Gasteiger partial charge is 0.302 e. The number of nitrogens with one attached hydrogen (secondary N) is 1. The molecule has 2 rings (SSSR count). The number of benzene rings is 1. The van der Waals surface area contributed by atoms with Crippen LogP contribution in [0.1, 0.15) is 32.4 Å². The Morgan fingerprint density at radius 2 is 1.62 bits per heavy atom. The number of sulfonamides is 1. The van der Waals surface area contributed by atoms with Gasteiger partial charge in [0, 0.05) is 20.3 Å². The van der Waals surface area contributed by atoms with Gasteiger partial charge in [0.2, 0.25) is 10.0 Å². The maximum absolute atomic E-state index is 13.2. The summed E-state index contributed by atoms with van der Waals surface area (Å²) in [6, 6.07) is 4.76. The predicted octanol–water partition coefficient (Wildman–Crippen LogP) is 1.29. The molecule has 0 saturated heterocycles. The van der Waals surface area contributed by atoms with Crippen molar-refractivity contribution in [1.29, 1.82) is 0 Å². The molecule has 1 aromatic heterocycles. The Balaban J connectivity index is 2.57. The molecule has 0 aliphatic rings. The van der Waals surface area contributed by atoms with Crippen LogP contribution >= 0.6 is 0 Å². The van der Waals surface area contributed by atoms with Gasteiger partial charge in [-0.3, -0.25) is 9.36 Å². The average Bonchev–Trinajstić information content (AvgIpc) is 2.54. The first kappa shape index (κ1) is 20.1. The van der Waals surface area contributed by atoms with Crippen LogP contribution in [0, 0.1) is 11.2 Å². The molecule has 0 aliphatic carbocycles. The minimum absolute atomic E-state index is 0.434. The Morgan fingerprint density at radius 3 is 2.12 bits per heavy atom. The second-order valence-electron chi connectivity index (χ2n) is 7.22. The SMILES string of the molecule is Cn1cc(S(=O)(=O)NC(c2ccc(F)cc2)C(C)(C)C)c(=O)n(C)c1=O. The third kappa shape index (κ3) is 3.94. The molecular weight excluding hydrogens is 361 g/mol. The van der Waals surface area contributed by atoms with E-state index in [4.69, 9.17) is 0 Å². The molecule has 0 saturated carbocycles. The van der Waals surface area contributed by atoms with Gasteiger partial charge in [-0.25, -0.2) is 22.3 Å². The normalized spacial score (nSPS) is 13.6. The number of rotatable bonds is 4. The summed E-state index contributed by atoms with van der Waals surface area (Å²) >= 11 is 0. The minimum atomic E-state index is -4.23. The van der Waals surface area contributed by atoms with Crippen molar-refractivity contribution < 1.29 is 12.8 Å². The molecule has 1 aromatic carbocycles. The van der Waals surface area contributed by atoms with Crippen molar-refractivity contribution in [2.75, 3.05) is 0 Å². The van der Waals surface area contributed by atoms with Crippen LogP contribution in [-0.2, 0) is 24.1 Å². The molecule has 0 bridgehead atoms. The van der Waals surface area contributed by atoms with E-state index < -0.39 is 43.4 Å². The summed E-state index contributed by atoms with van der Waals surface area (Å²) in [6.07, 6.45) is 0.997. The number of halogens is 1. The van der Waals surface area contributed by atoms with Crippen LogP contribution in [0.5, 0.6) is 0 Å². The van der Waals surface area contributed by atoms with E-state index in [0.29, 0.717) is 5.56 Å². The van der Waals surface area contributed by atoms with Gasteiger partial charge >= 0.3 is 5.69 Å². The molecule has 0 fully saturated rings. The number of nitrogens with zero attached hydrogens (tertiary/aromatic N) is 2. The fraction of sp³-hybridized carbons (Fsp3) is 0.412. The zero-order chi connectivity index (χ0) is 19.9. The molecule has 142 valence electrons. The summed E-state index contributed by atoms with van der Waals surface area (Å²) in [4.78, 5) is 23.5. The van der Waals surface area contributed by atoms with E-state index in [1.165, 1.54) is 38.4 Å². The van der Waals surface area contributed by atoms with Crippen molar-refractivity contribution in [1.82, 2.24) is 13.9 Å². The van der Waals surface area contributed by atoms with Crippen molar-refractivity contribution in [3.63, 3.8) is 0 Å². The highest BCUT2D eigenvalue weighted by atomic mass is 32.2. The Hall–Kier alpha value is -2.26. The fourth-order valence-corrected chi connectivity index (χ4v) is 4.17. The van der Waals surface area contributed by atoms with Gasteiger partial charge in [0.25, 0.3) is 5.56 Å². The van der Waals surface area contributed by atoms with Crippen molar-refractivity contribution in [2.45, 2.75) is 31.7 Å². The van der Waals surface area contributed by atoms with Crippen LogP contribution in [0.2, 0.25) is 0 Å². The Labute approximate surface area is 151 Å². The first-order valence-electron chi connectivity index (χ1n) is 7.89. The molecule has 1 atom stereocenters. The summed E-state index contributed by atoms with van der Waals surface area (Å²) in [6.45, 7) is 5.47. The van der Waals surface area contributed by atoms with Gasteiger partial charge in [0.05, 0.1) is 6.04 Å². The van der Waals surface area contributed by atoms with Gasteiger partial charge in [0.1, 0.15) is 5.82 Å². The van der Waals surface area contributed by atoms with E-state index >= 15 is 0 Å². The van der Waals surface area contributed by atoms with Crippen LogP contribution < -0.4 is 16.0 Å². The number of aromatic nitrogens is 2. The first-order valence-corrected chi connectivity index (χ1v) is 9.37. The lowest BCUT2D eigenvalue weighted by atomic mass is 9.83. The molecule has 1 unspecified atom stereocenters. The van der Waals surface area contributed by atoms with E-state index in [-0.39, 0.29) is 0 Å². The van der Waals surface area contributed by atoms with Crippen LogP contribution in [0.3, 0.4) is 0 Å². The molecule has 0 radical (unpaired) electrons. The summed E-state index contributed by atoms with van der Waals surface area (Å²) < 4.78 is 43.2. The highest BCUT2D eigenvalue weighted by Crippen LogP contribution is 2.33. The largest absolute Gasteiger partial charge is 0.330 e. The van der Waals surface area contributed by atoms with Crippen LogP contribution in [0.25, 0.3) is 0 Å². The van der Waals surface area contributed by atoms with Crippen molar-refractivity contribution >= 4 is 10.0 Å². The standard InChI is InChI=1S/C17H22FN3O4S/c1-17(2,3)14(11-6-8-12(18)9-7-11)19-26(24,25)13-10-20(4)16(23)21(5)15(13)22/h6-10,14,19H,1-5H3. The molecule has 7 nitrogen and oxygen atoms in total. The van der Waals surface area contributed by atoms with E-state index in [1.54, 1.807) is 0 Å². The Kier molecular flexibility index (Phi) is 5.25. The monoisotopic (exact) mass is 383 g/mol. The van der Waals surface area contributed by atoms with E-state index in [2.05, 4.69) is 4.72 Å². The van der Waals surface area contributed by atoms with Gasteiger partial charge in [-0.2, -0.15) is 0 Å². The van der Waals surface area contributed by atoms with Gasteiger partial charge in [-0.15, -0.1) is 0 Å². The van der Waals surface area contributed by atoms with E-state index in [9.17, 15) is 22.4 Å². The molecule has 2 aromatic rings. The van der Waals surface area contributed by atoms with Crippen molar-refractivity contribution in [2.24, 2.45) is 19.5 Å². The maximum Gasteiger partial charge on any atom is 0.330 e. The summed E-state index contributed by atoms with van der Waals surface area (Å²) in [7, 11) is -1.65. The molecule has 9 heteroatoms. The van der Waals surface area contributed by atoms with Crippen molar-refractivity contribution in [3.8, 4) is 0 Å². The molecule has 1 heterocycles. The van der Waals surface area contributed by atoms with E-state index in [0.717, 1.165) is 15.3 Å². The van der Waals surface area contributed by atoms with Crippen molar-refractivity contribution in [3.05, 3.63) is 62.7 Å². The third-order valence-electron chi connectivity index (χ3n) is 4.05. The molecule has 0 aliphatic heterocycles. The Morgan fingerprint density at radius 1 is 1.08 bits per heavy atom. The third-order valence-corrected chi connectivity index (χ3v) is 5.45. The Bertz CT molecular complexity index is 1030. The second-order valence-corrected chi connectivity index (χ2v) is 8.91. The van der Waals surface area contributed by atoms with Crippen LogP contribution in [0.4, 0.5) is 4.39 Å². The number of aryl methyl sites for hydroxylation is 1. The van der Waals surface area contributed by atoms with Gasteiger partial charge in [0.15, 0.2) is 4.90 Å². The van der Waals surface area contributed by atoms with Gasteiger partial charge in [-0.1, -0.05) is 32.9 Å². The zero-order valence-corrected chi connectivity index (χ0v) is 16.1. The lowest BCUT2D eigenvalue weighted by molar-refractivity contribution is 0.304. The highest BCUT2D eigenvalue weighted by Gasteiger charge is 2.32. The topological polar surface area (TPSA) is 90.2 Å². The predicted molar refractivity (Wildman–Crippen MR) is 95.8 cm³/mol. The molecule has 26 heavy (non-hydrogen) atoms. The number of hydrogen-bond acceptors (Lipinski definition) is 4. The second kappa shape index (κ2) is 6.81. The molecule has 0 amide bonds. The molecular formula is C17H22FN3O4S. The summed E-state index contributed by atoms with van der Waals surface area (Å²) in [5.41, 5.74) is -1.53. The first-order chi connectivity index (χ1) is 11.8. The van der Waals surface area contributed by atoms with Gasteiger partial charge < -0.3 is 4.57 Å². The highest BCUT2D eigenvalue weighted by molar-refractivity contribution is 7.89. The molecule has 1 N–H and O–H groups in total. The lowest BCUT2D eigenvalue weighted by Crippen LogP contribution is -2.43. The maximum atomic E-state index is 13.2. The quantitative estimate of drug-likeness (QED) is 0.861. The summed E-state index contributed by atoms with van der Waals surface area (Å²) in [5, 5.41) is 0. The molecule has 0 spiro atoms.